The van der Waals surface area contributed by atoms with Crippen molar-refractivity contribution < 1.29 is 9.59 Å². The number of nitrogens with zero attached hydrogens (tertiary/aromatic N) is 4. The van der Waals surface area contributed by atoms with Crippen molar-refractivity contribution in [2.75, 3.05) is 4.90 Å². The fraction of sp³-hybridized carbons (Fsp3) is 0. The first-order valence-corrected chi connectivity index (χ1v) is 8.45. The molecule has 0 saturated carbocycles. The van der Waals surface area contributed by atoms with E-state index in [9.17, 15) is 9.59 Å². The molecule has 130 valence electrons. The Bertz CT molecular complexity index is 1240. The number of imide groups is 1. The minimum absolute atomic E-state index is 0.221. The molecule has 0 atom stereocenters. The van der Waals surface area contributed by atoms with E-state index in [-0.39, 0.29) is 11.1 Å². The second-order valence-corrected chi connectivity index (χ2v) is 6.39. The van der Waals surface area contributed by atoms with Crippen LogP contribution < -0.4 is 4.90 Å². The Morgan fingerprint density at radius 3 is 2.63 bits per heavy atom. The van der Waals surface area contributed by atoms with Crippen LogP contribution >= 0.6 is 11.6 Å². The van der Waals surface area contributed by atoms with Crippen LogP contribution in [0.5, 0.6) is 0 Å². The molecule has 0 radical (unpaired) electrons. The zero-order valence-electron chi connectivity index (χ0n) is 13.7. The quantitative estimate of drug-likeness (QED) is 0.541. The predicted octanol–water partition coefficient (Wildman–Crippen LogP) is 3.47. The van der Waals surface area contributed by atoms with Crippen LogP contribution in [0.15, 0.2) is 55.0 Å². The molecule has 2 amide bonds. The first kappa shape index (κ1) is 15.7. The number of carbonyl (C=O) groups is 2. The van der Waals surface area contributed by atoms with Crippen LogP contribution in [0.4, 0.5) is 5.69 Å². The van der Waals surface area contributed by atoms with Gasteiger partial charge in [-0.15, -0.1) is 0 Å². The molecule has 8 heteroatoms. The van der Waals surface area contributed by atoms with Crippen LogP contribution in [-0.2, 0) is 0 Å². The van der Waals surface area contributed by atoms with Crippen molar-refractivity contribution in [3.8, 4) is 11.3 Å². The lowest BCUT2D eigenvalue weighted by molar-refractivity contribution is 0.0926. The number of H-pyrrole nitrogens is 1. The molecular weight excluding hydrogens is 366 g/mol. The zero-order chi connectivity index (χ0) is 18.5. The number of halogens is 1. The SMILES string of the molecule is O=C1c2cnc3n[nH]c(-c4cccnc4)c3c2C(=O)N1c1ccccc1Cl. The van der Waals surface area contributed by atoms with Crippen LogP contribution in [0.2, 0.25) is 5.02 Å². The molecule has 27 heavy (non-hydrogen) atoms. The standard InChI is InChI=1S/C19H10ClN5O2/c20-12-5-1-2-6-13(12)25-18(26)11-9-22-17-15(14(11)19(25)27)16(23-24-17)10-4-3-7-21-8-10/h1-9H,(H,22,23,24). The van der Waals surface area contributed by atoms with Crippen LogP contribution in [0.25, 0.3) is 22.3 Å². The largest absolute Gasteiger partial charge is 0.275 e. The third-order valence-corrected chi connectivity index (χ3v) is 4.80. The predicted molar refractivity (Wildman–Crippen MR) is 99.7 cm³/mol. The van der Waals surface area contributed by atoms with Gasteiger partial charge in [0.2, 0.25) is 0 Å². The second-order valence-electron chi connectivity index (χ2n) is 5.98. The Morgan fingerprint density at radius 1 is 1.00 bits per heavy atom. The highest BCUT2D eigenvalue weighted by molar-refractivity contribution is 6.41. The van der Waals surface area contributed by atoms with E-state index in [1.54, 1.807) is 42.7 Å². The molecule has 1 aliphatic rings. The van der Waals surface area contributed by atoms with Crippen molar-refractivity contribution in [3.63, 3.8) is 0 Å². The molecule has 5 rings (SSSR count). The highest BCUT2D eigenvalue weighted by atomic mass is 35.5. The summed E-state index contributed by atoms with van der Waals surface area (Å²) in [5.74, 6) is -0.919. The summed E-state index contributed by atoms with van der Waals surface area (Å²) in [6, 6.07) is 10.3. The molecule has 4 aromatic rings. The minimum Gasteiger partial charge on any atom is -0.275 e. The van der Waals surface area contributed by atoms with Crippen LogP contribution in [-0.4, -0.2) is 32.0 Å². The Morgan fingerprint density at radius 2 is 1.85 bits per heavy atom. The van der Waals surface area contributed by atoms with Crippen LogP contribution in [0.1, 0.15) is 20.7 Å². The normalized spacial score (nSPS) is 13.4. The summed E-state index contributed by atoms with van der Waals surface area (Å²) in [4.78, 5) is 35.6. The highest BCUT2D eigenvalue weighted by Crippen LogP contribution is 2.37. The molecule has 1 N–H and O–H groups in total. The lowest BCUT2D eigenvalue weighted by Crippen LogP contribution is -2.29. The van der Waals surface area contributed by atoms with Gasteiger partial charge in [-0.05, 0) is 24.3 Å². The van der Waals surface area contributed by atoms with Gasteiger partial charge < -0.3 is 0 Å². The topological polar surface area (TPSA) is 91.8 Å². The van der Waals surface area contributed by atoms with E-state index in [4.69, 9.17) is 11.6 Å². The summed E-state index contributed by atoms with van der Waals surface area (Å²) in [6.45, 7) is 0. The molecule has 4 heterocycles. The maximum absolute atomic E-state index is 13.2. The Hall–Kier alpha value is -3.58. The highest BCUT2D eigenvalue weighted by Gasteiger charge is 2.40. The molecule has 1 aromatic carbocycles. The van der Waals surface area contributed by atoms with Gasteiger partial charge in [0.05, 0.1) is 32.9 Å². The van der Waals surface area contributed by atoms with Crippen molar-refractivity contribution in [3.05, 3.63) is 71.1 Å². The number of pyridine rings is 2. The molecule has 0 fully saturated rings. The van der Waals surface area contributed by atoms with Gasteiger partial charge in [-0.3, -0.25) is 19.7 Å². The summed E-state index contributed by atoms with van der Waals surface area (Å²) in [5.41, 5.74) is 2.51. The van der Waals surface area contributed by atoms with Crippen LogP contribution in [0.3, 0.4) is 0 Å². The fourth-order valence-corrected chi connectivity index (χ4v) is 3.49. The van der Waals surface area contributed by atoms with Gasteiger partial charge in [0.25, 0.3) is 11.8 Å². The summed E-state index contributed by atoms with van der Waals surface area (Å²) >= 11 is 6.21. The molecule has 0 spiro atoms. The summed E-state index contributed by atoms with van der Waals surface area (Å²) < 4.78 is 0. The van der Waals surface area contributed by atoms with Crippen molar-refractivity contribution in [2.45, 2.75) is 0 Å². The molecular formula is C19H10ClN5O2. The average molecular weight is 376 g/mol. The average Bonchev–Trinajstić information content (AvgIpc) is 3.23. The van der Waals surface area contributed by atoms with Gasteiger partial charge >= 0.3 is 0 Å². The molecule has 3 aromatic heterocycles. The Balaban J connectivity index is 1.77. The summed E-state index contributed by atoms with van der Waals surface area (Å²) in [6.07, 6.45) is 4.68. The van der Waals surface area contributed by atoms with E-state index in [0.717, 1.165) is 10.5 Å². The molecule has 1 aliphatic heterocycles. The maximum Gasteiger partial charge on any atom is 0.267 e. The monoisotopic (exact) mass is 375 g/mol. The van der Waals surface area contributed by atoms with E-state index < -0.39 is 11.8 Å². The van der Waals surface area contributed by atoms with E-state index in [0.29, 0.717) is 27.4 Å². The molecule has 0 unspecified atom stereocenters. The number of fused-ring (bicyclic) bond motifs is 3. The van der Waals surface area contributed by atoms with E-state index in [1.165, 1.54) is 6.20 Å². The lowest BCUT2D eigenvalue weighted by atomic mass is 10.0. The molecule has 7 nitrogen and oxygen atoms in total. The Kier molecular flexibility index (Phi) is 3.32. The number of carbonyl (C=O) groups excluding carboxylic acids is 2. The first-order chi connectivity index (χ1) is 13.2. The number of aromatic nitrogens is 4. The smallest absolute Gasteiger partial charge is 0.267 e. The van der Waals surface area contributed by atoms with Gasteiger partial charge in [-0.2, -0.15) is 5.10 Å². The summed E-state index contributed by atoms with van der Waals surface area (Å²) in [7, 11) is 0. The van der Waals surface area contributed by atoms with Crippen LogP contribution in [0, 0.1) is 0 Å². The van der Waals surface area contributed by atoms with Crippen molar-refractivity contribution >= 4 is 40.1 Å². The van der Waals surface area contributed by atoms with Crippen molar-refractivity contribution in [1.29, 1.82) is 0 Å². The fourth-order valence-electron chi connectivity index (χ4n) is 3.27. The number of benzene rings is 1. The van der Waals surface area contributed by atoms with Gasteiger partial charge in [0.1, 0.15) is 0 Å². The number of para-hydroxylation sites is 1. The molecule has 0 saturated heterocycles. The first-order valence-electron chi connectivity index (χ1n) is 8.07. The van der Waals surface area contributed by atoms with Gasteiger partial charge in [0, 0.05) is 24.2 Å². The van der Waals surface area contributed by atoms with Gasteiger partial charge in [-0.25, -0.2) is 9.88 Å². The summed E-state index contributed by atoms with van der Waals surface area (Å²) in [5, 5.41) is 7.89. The Labute approximate surface area is 157 Å². The number of hydrogen-bond acceptors (Lipinski definition) is 5. The van der Waals surface area contributed by atoms with E-state index >= 15 is 0 Å². The number of anilines is 1. The molecule has 0 bridgehead atoms. The zero-order valence-corrected chi connectivity index (χ0v) is 14.4. The third-order valence-electron chi connectivity index (χ3n) is 4.48. The van der Waals surface area contributed by atoms with E-state index in [2.05, 4.69) is 20.2 Å². The molecule has 0 aliphatic carbocycles. The third kappa shape index (κ3) is 2.18. The maximum atomic E-state index is 13.2. The van der Waals surface area contributed by atoms with E-state index in [1.807, 2.05) is 6.07 Å². The number of aromatic amines is 1. The van der Waals surface area contributed by atoms with Gasteiger partial charge in [0.15, 0.2) is 5.65 Å². The van der Waals surface area contributed by atoms with Crippen molar-refractivity contribution in [2.24, 2.45) is 0 Å². The number of hydrogen-bond donors (Lipinski definition) is 1. The minimum atomic E-state index is -0.462. The number of rotatable bonds is 2. The second kappa shape index (κ2) is 5.72. The van der Waals surface area contributed by atoms with Gasteiger partial charge in [-0.1, -0.05) is 23.7 Å². The lowest BCUT2D eigenvalue weighted by Gasteiger charge is -2.15. The number of nitrogens with one attached hydrogen (secondary N) is 1. The number of amides is 2. The van der Waals surface area contributed by atoms with Crippen molar-refractivity contribution in [1.82, 2.24) is 20.2 Å².